The summed E-state index contributed by atoms with van der Waals surface area (Å²) in [6, 6.07) is 8.58. The second-order valence-electron chi connectivity index (χ2n) is 7.46. The summed E-state index contributed by atoms with van der Waals surface area (Å²) in [4.78, 5) is 41.7. The van der Waals surface area contributed by atoms with Crippen molar-refractivity contribution in [3.63, 3.8) is 0 Å². The molecule has 0 aliphatic carbocycles. The van der Waals surface area contributed by atoms with Gasteiger partial charge in [-0.25, -0.2) is 0 Å². The van der Waals surface area contributed by atoms with Gasteiger partial charge in [0.2, 0.25) is 0 Å². The van der Waals surface area contributed by atoms with Crippen LogP contribution in [0.1, 0.15) is 64.6 Å². The average Bonchev–Trinajstić information content (AvgIpc) is 2.67. The van der Waals surface area contributed by atoms with Gasteiger partial charge in [-0.15, -0.1) is 0 Å². The number of piperidine rings is 1. The first-order valence-corrected chi connectivity index (χ1v) is 9.70. The van der Waals surface area contributed by atoms with E-state index in [2.05, 4.69) is 4.98 Å². The Kier molecular flexibility index (Phi) is 5.97. The maximum Gasteiger partial charge on any atom is 0.261 e. The molecule has 0 saturated carbocycles. The molecular formula is C22H26N2O4. The van der Waals surface area contributed by atoms with E-state index in [-0.39, 0.29) is 29.0 Å². The molecule has 1 fully saturated rings. The SMILES string of the molecule is CC(=O)c1cc(C(=O)N2CCCC[C@@H]2CCc2ccc(O)cc2)c(=O)[nH]c1C. The molecule has 0 radical (unpaired) electrons. The van der Waals surface area contributed by atoms with Crippen LogP contribution in [0.5, 0.6) is 5.75 Å². The number of rotatable bonds is 5. The average molecular weight is 382 g/mol. The summed E-state index contributed by atoms with van der Waals surface area (Å²) in [6.45, 7) is 3.70. The predicted molar refractivity (Wildman–Crippen MR) is 107 cm³/mol. The number of carbonyl (C=O) groups excluding carboxylic acids is 2. The van der Waals surface area contributed by atoms with Crippen LogP contribution < -0.4 is 5.56 Å². The first-order chi connectivity index (χ1) is 13.4. The zero-order chi connectivity index (χ0) is 20.3. The van der Waals surface area contributed by atoms with Crippen LogP contribution in [-0.4, -0.2) is 39.3 Å². The molecule has 1 aromatic heterocycles. The van der Waals surface area contributed by atoms with Crippen LogP contribution in [0.15, 0.2) is 35.1 Å². The Labute approximate surface area is 164 Å². The molecule has 1 atom stereocenters. The van der Waals surface area contributed by atoms with Crippen molar-refractivity contribution < 1.29 is 14.7 Å². The molecule has 1 amide bonds. The summed E-state index contributed by atoms with van der Waals surface area (Å²) < 4.78 is 0. The number of hydrogen-bond donors (Lipinski definition) is 2. The Bertz CT molecular complexity index is 931. The summed E-state index contributed by atoms with van der Waals surface area (Å²) >= 11 is 0. The first kappa shape index (κ1) is 19.9. The number of Topliss-reactive ketones (excluding diaryl/α,β-unsaturated/α-hetero) is 1. The fourth-order valence-corrected chi connectivity index (χ4v) is 3.87. The van der Waals surface area contributed by atoms with Crippen LogP contribution in [-0.2, 0) is 6.42 Å². The van der Waals surface area contributed by atoms with Crippen molar-refractivity contribution in [3.8, 4) is 5.75 Å². The Balaban J connectivity index is 1.80. The number of aromatic amines is 1. The Hall–Kier alpha value is -2.89. The zero-order valence-corrected chi connectivity index (χ0v) is 16.3. The van der Waals surface area contributed by atoms with Gasteiger partial charge in [-0.05, 0) is 69.7 Å². The lowest BCUT2D eigenvalue weighted by molar-refractivity contribution is 0.0600. The second kappa shape index (κ2) is 8.42. The van der Waals surface area contributed by atoms with E-state index >= 15 is 0 Å². The van der Waals surface area contributed by atoms with Gasteiger partial charge in [-0.1, -0.05) is 12.1 Å². The summed E-state index contributed by atoms with van der Waals surface area (Å²) in [7, 11) is 0. The molecule has 0 spiro atoms. The van der Waals surface area contributed by atoms with Gasteiger partial charge in [-0.2, -0.15) is 0 Å². The number of phenols is 1. The highest BCUT2D eigenvalue weighted by molar-refractivity contribution is 6.00. The lowest BCUT2D eigenvalue weighted by Crippen LogP contribution is -2.45. The van der Waals surface area contributed by atoms with Crippen molar-refractivity contribution in [2.24, 2.45) is 0 Å². The summed E-state index contributed by atoms with van der Waals surface area (Å²) in [5, 5.41) is 9.41. The number of carbonyl (C=O) groups is 2. The highest BCUT2D eigenvalue weighted by Crippen LogP contribution is 2.24. The standard InChI is InChI=1S/C22H26N2O4/c1-14-19(15(2)25)13-20(21(27)23-14)22(28)24-12-4-3-5-17(24)9-6-16-7-10-18(26)11-8-16/h7-8,10-11,13,17,26H,3-6,9,12H2,1-2H3,(H,23,27)/t17-/m1/s1. The van der Waals surface area contributed by atoms with Crippen molar-refractivity contribution in [2.45, 2.75) is 52.0 Å². The lowest BCUT2D eigenvalue weighted by atomic mass is 9.95. The Morgan fingerprint density at radius 1 is 1.18 bits per heavy atom. The molecule has 2 aromatic rings. The van der Waals surface area contributed by atoms with Crippen molar-refractivity contribution in [2.75, 3.05) is 6.54 Å². The number of aromatic nitrogens is 1. The topological polar surface area (TPSA) is 90.5 Å². The molecule has 2 N–H and O–H groups in total. The second-order valence-corrected chi connectivity index (χ2v) is 7.46. The number of H-pyrrole nitrogens is 1. The van der Waals surface area contributed by atoms with E-state index in [4.69, 9.17) is 0 Å². The van der Waals surface area contributed by atoms with Gasteiger partial charge in [0.15, 0.2) is 5.78 Å². The summed E-state index contributed by atoms with van der Waals surface area (Å²) in [5.74, 6) is -0.248. The molecule has 0 bridgehead atoms. The van der Waals surface area contributed by atoms with Gasteiger partial charge in [0.25, 0.3) is 11.5 Å². The van der Waals surface area contributed by atoms with Crippen LogP contribution in [0.25, 0.3) is 0 Å². The highest BCUT2D eigenvalue weighted by atomic mass is 16.3. The van der Waals surface area contributed by atoms with E-state index in [0.717, 1.165) is 37.7 Å². The van der Waals surface area contributed by atoms with E-state index in [0.29, 0.717) is 17.8 Å². The fraction of sp³-hybridized carbons (Fsp3) is 0.409. The molecule has 1 saturated heterocycles. The molecule has 6 heteroatoms. The summed E-state index contributed by atoms with van der Waals surface area (Å²) in [6.07, 6.45) is 4.43. The van der Waals surface area contributed by atoms with Crippen LogP contribution in [0.3, 0.4) is 0 Å². The fourth-order valence-electron chi connectivity index (χ4n) is 3.87. The van der Waals surface area contributed by atoms with Crippen LogP contribution in [0.4, 0.5) is 0 Å². The molecule has 28 heavy (non-hydrogen) atoms. The Morgan fingerprint density at radius 3 is 2.57 bits per heavy atom. The van der Waals surface area contributed by atoms with Crippen molar-refractivity contribution >= 4 is 11.7 Å². The van der Waals surface area contributed by atoms with Crippen molar-refractivity contribution in [3.05, 3.63) is 63.1 Å². The molecule has 1 aliphatic rings. The quantitative estimate of drug-likeness (QED) is 0.777. The number of aryl methyl sites for hydroxylation is 2. The number of benzene rings is 1. The number of phenolic OH excluding ortho intramolecular Hbond substituents is 1. The largest absolute Gasteiger partial charge is 0.508 e. The maximum atomic E-state index is 13.1. The van der Waals surface area contributed by atoms with E-state index in [9.17, 15) is 19.5 Å². The number of nitrogens with one attached hydrogen (secondary N) is 1. The monoisotopic (exact) mass is 382 g/mol. The smallest absolute Gasteiger partial charge is 0.261 e. The van der Waals surface area contributed by atoms with Gasteiger partial charge < -0.3 is 15.0 Å². The van der Waals surface area contributed by atoms with Gasteiger partial charge in [0, 0.05) is 23.8 Å². The molecule has 6 nitrogen and oxygen atoms in total. The van der Waals surface area contributed by atoms with E-state index in [1.807, 2.05) is 12.1 Å². The van der Waals surface area contributed by atoms with E-state index in [1.54, 1.807) is 24.0 Å². The molecule has 3 rings (SSSR count). The number of pyridine rings is 1. The molecule has 1 aromatic carbocycles. The summed E-state index contributed by atoms with van der Waals surface area (Å²) in [5.41, 5.74) is 1.54. The molecule has 0 unspecified atom stereocenters. The van der Waals surface area contributed by atoms with E-state index in [1.165, 1.54) is 13.0 Å². The third-order valence-electron chi connectivity index (χ3n) is 5.44. The van der Waals surface area contributed by atoms with Gasteiger partial charge in [0.1, 0.15) is 11.3 Å². The first-order valence-electron chi connectivity index (χ1n) is 9.70. The predicted octanol–water partition coefficient (Wildman–Crippen LogP) is 3.22. The maximum absolute atomic E-state index is 13.1. The number of aromatic hydroxyl groups is 1. The molecule has 2 heterocycles. The zero-order valence-electron chi connectivity index (χ0n) is 16.3. The van der Waals surface area contributed by atoms with Gasteiger partial charge >= 0.3 is 0 Å². The normalized spacial score (nSPS) is 16.8. The minimum absolute atomic E-state index is 0.0346. The number of likely N-dealkylation sites (tertiary alicyclic amines) is 1. The third-order valence-corrected chi connectivity index (χ3v) is 5.44. The van der Waals surface area contributed by atoms with E-state index < -0.39 is 5.56 Å². The number of amides is 1. The molecule has 148 valence electrons. The minimum Gasteiger partial charge on any atom is -0.508 e. The Morgan fingerprint density at radius 2 is 1.89 bits per heavy atom. The molecular weight excluding hydrogens is 356 g/mol. The lowest BCUT2D eigenvalue weighted by Gasteiger charge is -2.36. The third kappa shape index (κ3) is 4.32. The van der Waals surface area contributed by atoms with Gasteiger partial charge in [0.05, 0.1) is 0 Å². The molecule has 1 aliphatic heterocycles. The number of ketones is 1. The highest BCUT2D eigenvalue weighted by Gasteiger charge is 2.29. The van der Waals surface area contributed by atoms with Crippen LogP contribution >= 0.6 is 0 Å². The van der Waals surface area contributed by atoms with Crippen molar-refractivity contribution in [1.82, 2.24) is 9.88 Å². The number of nitrogens with zero attached hydrogens (tertiary/aromatic N) is 1. The van der Waals surface area contributed by atoms with Crippen molar-refractivity contribution in [1.29, 1.82) is 0 Å². The van der Waals surface area contributed by atoms with Crippen LogP contribution in [0.2, 0.25) is 0 Å². The minimum atomic E-state index is -0.449. The van der Waals surface area contributed by atoms with Crippen LogP contribution in [0, 0.1) is 6.92 Å². The number of hydrogen-bond acceptors (Lipinski definition) is 4. The van der Waals surface area contributed by atoms with Gasteiger partial charge in [-0.3, -0.25) is 14.4 Å².